The first-order chi connectivity index (χ1) is 16.2. The Labute approximate surface area is 191 Å². The summed E-state index contributed by atoms with van der Waals surface area (Å²) in [6, 6.07) is 21.4. The number of hydrogen-bond donors (Lipinski definition) is 0. The molecule has 3 aromatic rings. The normalized spacial score (nSPS) is 20.3. The second-order valence-electron chi connectivity index (χ2n) is 8.13. The molecule has 0 bridgehead atoms. The lowest BCUT2D eigenvalue weighted by Gasteiger charge is -2.38. The minimum Gasteiger partial charge on any atom is -0.486 e. The number of hydrogen-bond acceptors (Lipinski definition) is 7. The van der Waals surface area contributed by atoms with E-state index in [2.05, 4.69) is 6.07 Å². The number of fused-ring (bicyclic) bond motifs is 4. The Morgan fingerprint density at radius 2 is 1.76 bits per heavy atom. The van der Waals surface area contributed by atoms with E-state index in [1.165, 1.54) is 7.11 Å². The molecule has 0 saturated heterocycles. The number of carbonyl (C=O) groups is 1. The van der Waals surface area contributed by atoms with Crippen molar-refractivity contribution >= 4 is 11.7 Å². The number of benzene rings is 3. The number of methoxy groups -OCH3 is 1. The van der Waals surface area contributed by atoms with E-state index in [-0.39, 0.29) is 12.0 Å². The van der Waals surface area contributed by atoms with Crippen LogP contribution in [0, 0.1) is 0 Å². The second-order valence-corrected chi connectivity index (χ2v) is 8.13. The summed E-state index contributed by atoms with van der Waals surface area (Å²) < 4.78 is 22.6. The van der Waals surface area contributed by atoms with Gasteiger partial charge in [-0.3, -0.25) is 0 Å². The second kappa shape index (κ2) is 7.85. The van der Waals surface area contributed by atoms with E-state index in [1.54, 1.807) is 12.1 Å². The third-order valence-electron chi connectivity index (χ3n) is 6.19. The van der Waals surface area contributed by atoms with E-state index in [9.17, 15) is 4.79 Å². The summed E-state index contributed by atoms with van der Waals surface area (Å²) in [5.41, 5.74) is 4.49. The maximum Gasteiger partial charge on any atom is 0.337 e. The zero-order valence-electron chi connectivity index (χ0n) is 18.1. The van der Waals surface area contributed by atoms with Gasteiger partial charge in [0.25, 0.3) is 0 Å². The molecule has 7 nitrogen and oxygen atoms in total. The Morgan fingerprint density at radius 3 is 2.58 bits per heavy atom. The van der Waals surface area contributed by atoms with Crippen molar-refractivity contribution in [2.24, 2.45) is 5.10 Å². The van der Waals surface area contributed by atoms with Crippen LogP contribution >= 0.6 is 0 Å². The third-order valence-corrected chi connectivity index (χ3v) is 6.19. The maximum atomic E-state index is 11.8. The molecular weight excluding hydrogens is 420 g/mol. The van der Waals surface area contributed by atoms with Crippen molar-refractivity contribution < 1.29 is 23.7 Å². The van der Waals surface area contributed by atoms with Crippen LogP contribution in [0.25, 0.3) is 0 Å². The smallest absolute Gasteiger partial charge is 0.337 e. The molecule has 0 aliphatic carbocycles. The van der Waals surface area contributed by atoms with Gasteiger partial charge in [-0.05, 0) is 36.4 Å². The lowest BCUT2D eigenvalue weighted by molar-refractivity contribution is -0.0190. The number of esters is 1. The fraction of sp³-hybridized carbons (Fsp3) is 0.231. The van der Waals surface area contributed by atoms with Gasteiger partial charge in [-0.1, -0.05) is 30.3 Å². The first-order valence-corrected chi connectivity index (χ1v) is 10.9. The van der Waals surface area contributed by atoms with Crippen molar-refractivity contribution in [1.82, 2.24) is 5.01 Å². The summed E-state index contributed by atoms with van der Waals surface area (Å²) in [4.78, 5) is 11.8. The molecule has 0 radical (unpaired) electrons. The van der Waals surface area contributed by atoms with E-state index in [1.807, 2.05) is 53.5 Å². The molecule has 0 unspecified atom stereocenters. The lowest BCUT2D eigenvalue weighted by atomic mass is 9.95. The highest BCUT2D eigenvalue weighted by molar-refractivity contribution is 6.02. The first kappa shape index (κ1) is 19.7. The molecular formula is C26H22N2O5. The molecule has 0 fully saturated rings. The van der Waals surface area contributed by atoms with Crippen LogP contribution in [0.5, 0.6) is 17.2 Å². The number of nitrogens with zero attached hydrogens (tertiary/aromatic N) is 2. The molecule has 3 aromatic carbocycles. The SMILES string of the molecule is COC(=O)c1ccc([C@@H]2Oc3ccccc3[C@H]3CC(c4ccc5c(c4)OCCO5)=NN32)cc1. The van der Waals surface area contributed by atoms with Crippen LogP contribution in [-0.2, 0) is 4.74 Å². The largest absolute Gasteiger partial charge is 0.486 e. The highest BCUT2D eigenvalue weighted by Gasteiger charge is 2.41. The van der Waals surface area contributed by atoms with Gasteiger partial charge in [0.2, 0.25) is 6.23 Å². The van der Waals surface area contributed by atoms with Gasteiger partial charge < -0.3 is 18.9 Å². The number of ether oxygens (including phenoxy) is 4. The van der Waals surface area contributed by atoms with Gasteiger partial charge in [0.05, 0.1) is 24.4 Å². The van der Waals surface area contributed by atoms with Crippen molar-refractivity contribution in [3.05, 3.63) is 89.0 Å². The van der Waals surface area contributed by atoms with E-state index in [0.717, 1.165) is 46.1 Å². The minimum atomic E-state index is -0.411. The quantitative estimate of drug-likeness (QED) is 0.557. The van der Waals surface area contributed by atoms with Gasteiger partial charge >= 0.3 is 5.97 Å². The molecule has 33 heavy (non-hydrogen) atoms. The van der Waals surface area contributed by atoms with Crippen LogP contribution < -0.4 is 14.2 Å². The summed E-state index contributed by atoms with van der Waals surface area (Å²) >= 11 is 0. The van der Waals surface area contributed by atoms with Crippen molar-refractivity contribution in [2.75, 3.05) is 20.3 Å². The maximum absolute atomic E-state index is 11.8. The van der Waals surface area contributed by atoms with Crippen molar-refractivity contribution in [3.63, 3.8) is 0 Å². The minimum absolute atomic E-state index is 0.0448. The fourth-order valence-electron chi connectivity index (χ4n) is 4.55. The van der Waals surface area contributed by atoms with E-state index >= 15 is 0 Å². The molecule has 6 rings (SSSR count). The average molecular weight is 442 g/mol. The monoisotopic (exact) mass is 442 g/mol. The molecule has 2 atom stereocenters. The predicted molar refractivity (Wildman–Crippen MR) is 121 cm³/mol. The zero-order chi connectivity index (χ0) is 22.4. The molecule has 7 heteroatoms. The Hall–Kier alpha value is -4.00. The number of para-hydroxylation sites is 1. The van der Waals surface area contributed by atoms with Gasteiger partial charge in [0.1, 0.15) is 19.0 Å². The zero-order valence-corrected chi connectivity index (χ0v) is 18.1. The summed E-state index contributed by atoms with van der Waals surface area (Å²) in [7, 11) is 1.38. The number of rotatable bonds is 3. The van der Waals surface area contributed by atoms with E-state index in [4.69, 9.17) is 24.0 Å². The van der Waals surface area contributed by atoms with E-state index < -0.39 is 6.23 Å². The fourth-order valence-corrected chi connectivity index (χ4v) is 4.55. The van der Waals surface area contributed by atoms with Crippen LogP contribution in [0.15, 0.2) is 71.8 Å². The van der Waals surface area contributed by atoms with Gasteiger partial charge in [-0.25, -0.2) is 9.80 Å². The van der Waals surface area contributed by atoms with E-state index in [0.29, 0.717) is 18.8 Å². The summed E-state index contributed by atoms with van der Waals surface area (Å²) in [5, 5.41) is 7.01. The Balaban J connectivity index is 1.38. The van der Waals surface area contributed by atoms with Crippen LogP contribution in [-0.4, -0.2) is 37.0 Å². The predicted octanol–water partition coefficient (Wildman–Crippen LogP) is 4.49. The van der Waals surface area contributed by atoms with Crippen molar-refractivity contribution in [3.8, 4) is 17.2 Å². The Bertz CT molecular complexity index is 1250. The van der Waals surface area contributed by atoms with Crippen molar-refractivity contribution in [1.29, 1.82) is 0 Å². The molecule has 0 saturated carbocycles. The van der Waals surface area contributed by atoms with Crippen LogP contribution in [0.4, 0.5) is 0 Å². The molecule has 166 valence electrons. The van der Waals surface area contributed by atoms with Gasteiger partial charge in [-0.15, -0.1) is 0 Å². The Morgan fingerprint density at radius 1 is 0.970 bits per heavy atom. The highest BCUT2D eigenvalue weighted by Crippen LogP contribution is 2.47. The Kier molecular flexibility index (Phi) is 4.68. The third kappa shape index (κ3) is 3.36. The molecule has 0 spiro atoms. The molecule has 0 amide bonds. The molecule has 3 aliphatic heterocycles. The van der Waals surface area contributed by atoms with Crippen molar-refractivity contribution in [2.45, 2.75) is 18.7 Å². The van der Waals surface area contributed by atoms with Crippen LogP contribution in [0.2, 0.25) is 0 Å². The lowest BCUT2D eigenvalue weighted by Crippen LogP contribution is -2.33. The number of carbonyl (C=O) groups excluding carboxylic acids is 1. The molecule has 0 N–H and O–H groups in total. The van der Waals surface area contributed by atoms with Gasteiger partial charge in [0.15, 0.2) is 11.5 Å². The van der Waals surface area contributed by atoms with Gasteiger partial charge in [0, 0.05) is 23.1 Å². The van der Waals surface area contributed by atoms with Crippen LogP contribution in [0.1, 0.15) is 45.7 Å². The van der Waals surface area contributed by atoms with Gasteiger partial charge in [-0.2, -0.15) is 5.10 Å². The molecule has 3 aliphatic rings. The number of hydrazone groups is 1. The summed E-state index contributed by atoms with van der Waals surface area (Å²) in [5.74, 6) is 1.99. The standard InChI is InChI=1S/C26H22N2O5/c1-30-26(29)17-8-6-16(7-9-17)25-28-21(19-4-2-3-5-22(19)33-25)15-20(27-28)18-10-11-23-24(14-18)32-13-12-31-23/h2-11,14,21,25H,12-13,15H2,1H3/t21-,25+/m1/s1. The summed E-state index contributed by atoms with van der Waals surface area (Å²) in [6.45, 7) is 1.11. The highest BCUT2D eigenvalue weighted by atomic mass is 16.6. The molecule has 3 heterocycles. The molecule has 0 aromatic heterocycles. The summed E-state index contributed by atoms with van der Waals surface area (Å²) in [6.07, 6.45) is 0.336. The first-order valence-electron chi connectivity index (χ1n) is 10.9. The topological polar surface area (TPSA) is 69.6 Å². The average Bonchev–Trinajstić information content (AvgIpc) is 3.33. The van der Waals surface area contributed by atoms with Crippen LogP contribution in [0.3, 0.4) is 0 Å².